The summed E-state index contributed by atoms with van der Waals surface area (Å²) in [7, 11) is 0. The van der Waals surface area contributed by atoms with Gasteiger partial charge in [-0.15, -0.1) is 0 Å². The number of hydrogen-bond donors (Lipinski definition) is 0. The van der Waals surface area contributed by atoms with E-state index in [1.807, 2.05) is 0 Å². The summed E-state index contributed by atoms with van der Waals surface area (Å²) in [5.74, 6) is 0. The van der Waals surface area contributed by atoms with Crippen molar-refractivity contribution >= 4 is 18.4 Å². The zero-order valence-corrected chi connectivity index (χ0v) is 21.3. The van der Waals surface area contributed by atoms with Crippen LogP contribution in [0.5, 0.6) is 0 Å². The Morgan fingerprint density at radius 2 is 1.14 bits per heavy atom. The Labute approximate surface area is 178 Å². The fourth-order valence-corrected chi connectivity index (χ4v) is 18.5. The monoisotopic (exact) mass is 484 g/mol. The maximum absolute atomic E-state index is 2.81. The van der Waals surface area contributed by atoms with Gasteiger partial charge in [-0.05, 0) is 0 Å². The summed E-state index contributed by atoms with van der Waals surface area (Å²) in [6, 6.07) is 19.9. The molecule has 0 aliphatic rings. The second kappa shape index (κ2) is 13.2. The van der Waals surface area contributed by atoms with Crippen molar-refractivity contribution in [2.24, 2.45) is 0 Å². The van der Waals surface area contributed by atoms with Gasteiger partial charge in [0.25, 0.3) is 0 Å². The molecule has 0 radical (unpaired) electrons. The number of unbranched alkanes of at least 4 members (excludes halogenated alkanes) is 3. The Kier molecular flexibility index (Phi) is 11.0. The molecule has 0 aliphatic heterocycles. The first-order valence-corrected chi connectivity index (χ1v) is 19.3. The van der Waals surface area contributed by atoms with Crippen molar-refractivity contribution in [1.82, 2.24) is 0 Å². The van der Waals surface area contributed by atoms with Gasteiger partial charge in [-0.25, -0.2) is 0 Å². The summed E-state index contributed by atoms with van der Waals surface area (Å²) >= 11 is -2.12. The molecule has 2 aromatic carbocycles. The number of rotatable bonds is 13. The second-order valence-electron chi connectivity index (χ2n) is 8.34. The van der Waals surface area contributed by atoms with Crippen LogP contribution in [0.15, 0.2) is 64.8 Å². The Hall–Kier alpha value is -1.02. The normalized spacial score (nSPS) is 12.0. The molecule has 0 saturated heterocycles. The van der Waals surface area contributed by atoms with E-state index < -0.39 is 18.4 Å². The molecule has 28 heavy (non-hydrogen) atoms. The molecule has 0 atom stereocenters. The van der Waals surface area contributed by atoms with E-state index in [4.69, 9.17) is 0 Å². The van der Waals surface area contributed by atoms with Crippen molar-refractivity contribution in [2.75, 3.05) is 0 Å². The molecule has 152 valence electrons. The predicted octanol–water partition coefficient (Wildman–Crippen LogP) is 8.84. The molecule has 0 amide bonds. The van der Waals surface area contributed by atoms with E-state index in [1.54, 1.807) is 13.3 Å². The van der Waals surface area contributed by atoms with Crippen LogP contribution in [0, 0.1) is 0 Å². The Morgan fingerprint density at radius 3 is 1.64 bits per heavy atom. The summed E-state index contributed by atoms with van der Waals surface area (Å²) in [5, 5.41) is 0. The van der Waals surface area contributed by atoms with E-state index in [2.05, 4.69) is 85.5 Å². The molecule has 2 rings (SSSR count). The molecule has 0 N–H and O–H groups in total. The van der Waals surface area contributed by atoms with Crippen molar-refractivity contribution in [1.29, 1.82) is 0 Å². The van der Waals surface area contributed by atoms with E-state index in [0.29, 0.717) is 0 Å². The van der Waals surface area contributed by atoms with Gasteiger partial charge in [0.15, 0.2) is 0 Å². The molecule has 0 heterocycles. The summed E-state index contributed by atoms with van der Waals surface area (Å²) in [6.45, 7) is 7.07. The minimum atomic E-state index is -2.12. The third kappa shape index (κ3) is 7.78. The fourth-order valence-electron chi connectivity index (χ4n) is 4.12. The molecular weight excluding hydrogens is 443 g/mol. The summed E-state index contributed by atoms with van der Waals surface area (Å²) in [4.78, 5) is 0. The third-order valence-electron chi connectivity index (χ3n) is 5.97. The fraction of sp³-hybridized carbons (Fsp3) is 0.481. The van der Waals surface area contributed by atoms with Crippen molar-refractivity contribution in [3.8, 4) is 11.1 Å². The molecule has 0 fully saturated rings. The van der Waals surface area contributed by atoms with Crippen LogP contribution in [0.4, 0.5) is 0 Å². The van der Waals surface area contributed by atoms with Crippen LogP contribution in [0.3, 0.4) is 0 Å². The van der Waals surface area contributed by atoms with Crippen LogP contribution in [-0.2, 0) is 6.42 Å². The molecule has 0 spiro atoms. The van der Waals surface area contributed by atoms with Gasteiger partial charge in [-0.3, -0.25) is 0 Å². The van der Waals surface area contributed by atoms with E-state index in [9.17, 15) is 0 Å². The van der Waals surface area contributed by atoms with Gasteiger partial charge in [0.1, 0.15) is 0 Å². The predicted molar refractivity (Wildman–Crippen MR) is 130 cm³/mol. The molecule has 0 unspecified atom stereocenters. The van der Waals surface area contributed by atoms with Gasteiger partial charge < -0.3 is 0 Å². The minimum absolute atomic E-state index is 1.10. The van der Waals surface area contributed by atoms with Crippen LogP contribution in [-0.4, -0.2) is 18.4 Å². The van der Waals surface area contributed by atoms with Crippen molar-refractivity contribution in [2.45, 2.75) is 79.0 Å². The molecule has 0 aliphatic carbocycles. The Bertz CT molecular complexity index is 647. The topological polar surface area (TPSA) is 0 Å². The second-order valence-corrected chi connectivity index (χ2v) is 21.4. The molecule has 0 bridgehead atoms. The average molecular weight is 483 g/mol. The van der Waals surface area contributed by atoms with Crippen LogP contribution in [0.25, 0.3) is 11.1 Å². The van der Waals surface area contributed by atoms with Crippen molar-refractivity contribution < 1.29 is 0 Å². The first kappa shape index (κ1) is 23.3. The molecule has 0 nitrogen and oxygen atoms in total. The average Bonchev–Trinajstić information content (AvgIpc) is 2.75. The van der Waals surface area contributed by atoms with Gasteiger partial charge in [0.2, 0.25) is 0 Å². The zero-order valence-electron chi connectivity index (χ0n) is 18.4. The quantitative estimate of drug-likeness (QED) is 0.250. The van der Waals surface area contributed by atoms with Gasteiger partial charge in [0.05, 0.1) is 0 Å². The first-order valence-electron chi connectivity index (χ1n) is 11.5. The summed E-state index contributed by atoms with van der Waals surface area (Å²) in [6.07, 6.45) is 12.0. The van der Waals surface area contributed by atoms with E-state index in [1.165, 1.54) is 55.2 Å². The number of hydrogen-bond acceptors (Lipinski definition) is 0. The summed E-state index contributed by atoms with van der Waals surface area (Å²) < 4.78 is 7.50. The number of benzene rings is 2. The molecule has 0 aromatic heterocycles. The van der Waals surface area contributed by atoms with Gasteiger partial charge in [0, 0.05) is 0 Å². The molecule has 1 heteroatoms. The van der Waals surface area contributed by atoms with Gasteiger partial charge in [-0.2, -0.15) is 0 Å². The molecular formula is C27H40Sn. The maximum atomic E-state index is 2.81. The van der Waals surface area contributed by atoms with Gasteiger partial charge >= 0.3 is 179 Å². The molecule has 0 saturated carbocycles. The van der Waals surface area contributed by atoms with Crippen LogP contribution in [0.2, 0.25) is 13.3 Å². The van der Waals surface area contributed by atoms with E-state index in [0.717, 1.165) is 6.42 Å². The number of allylic oxidation sites excluding steroid dienone is 1. The van der Waals surface area contributed by atoms with Crippen molar-refractivity contribution in [3.63, 3.8) is 0 Å². The Balaban J connectivity index is 2.06. The van der Waals surface area contributed by atoms with Crippen molar-refractivity contribution in [3.05, 3.63) is 70.3 Å². The zero-order chi connectivity index (χ0) is 20.1. The molecule has 2 aromatic rings. The third-order valence-corrected chi connectivity index (χ3v) is 20.2. The van der Waals surface area contributed by atoms with Gasteiger partial charge in [-0.1, -0.05) is 0 Å². The first-order chi connectivity index (χ1) is 13.7. The van der Waals surface area contributed by atoms with Crippen LogP contribution < -0.4 is 0 Å². The Morgan fingerprint density at radius 1 is 0.643 bits per heavy atom. The van der Waals surface area contributed by atoms with Crippen LogP contribution in [0.1, 0.15) is 64.9 Å². The van der Waals surface area contributed by atoms with E-state index >= 15 is 0 Å². The summed E-state index contributed by atoms with van der Waals surface area (Å²) in [5.41, 5.74) is 4.06. The van der Waals surface area contributed by atoms with Crippen LogP contribution >= 0.6 is 0 Å². The SMILES string of the molecule is CCC[CH2][Sn](/[CH]=C/Cc1ccc(-c2ccccc2)cc1)([CH2]CCC)[CH2]CCC. The van der Waals surface area contributed by atoms with E-state index in [-0.39, 0.29) is 0 Å². The standard InChI is InChI=1S/C15H13.3C4H9.Sn/c1-2-6-13-9-11-15(12-10-13)14-7-4-3-5-8-14;3*1-3-4-2;/h1-5,7-12H,6H2;3*1,3-4H2,2H3;.